The van der Waals surface area contributed by atoms with Gasteiger partial charge in [0.05, 0.1) is 33.1 Å². The topological polar surface area (TPSA) is 14.8 Å². The van der Waals surface area contributed by atoms with Gasteiger partial charge in [0.2, 0.25) is 0 Å². The van der Waals surface area contributed by atoms with E-state index in [2.05, 4.69) is 202 Å². The molecule has 0 spiro atoms. The SMILES string of the molecule is c1ccc(-n2c3ccccc3c3c4c(ccc5c4ccc4c5c5ccccc5n4-c4cccc(-n5c6ccccc6c6ccccc65)c4)ccc32)cc1. The van der Waals surface area contributed by atoms with Gasteiger partial charge in [0.1, 0.15) is 0 Å². The van der Waals surface area contributed by atoms with Crippen molar-refractivity contribution in [2.45, 2.75) is 0 Å². The van der Waals surface area contributed by atoms with Gasteiger partial charge in [0.25, 0.3) is 0 Å². The summed E-state index contributed by atoms with van der Waals surface area (Å²) in [5.74, 6) is 0. The predicted molar refractivity (Wildman–Crippen MR) is 224 cm³/mol. The van der Waals surface area contributed by atoms with Crippen molar-refractivity contribution in [3.63, 3.8) is 0 Å². The molecule has 3 aromatic heterocycles. The maximum absolute atomic E-state index is 2.45. The lowest BCUT2D eigenvalue weighted by atomic mass is 9.95. The number of aromatic nitrogens is 3. The molecule has 0 amide bonds. The molecule has 0 aliphatic heterocycles. The molecule has 0 radical (unpaired) electrons. The summed E-state index contributed by atoms with van der Waals surface area (Å²) in [6, 6.07) is 68.9. The van der Waals surface area contributed by atoms with Crippen LogP contribution >= 0.6 is 0 Å². The van der Waals surface area contributed by atoms with Crippen molar-refractivity contribution in [1.29, 1.82) is 0 Å². The van der Waals surface area contributed by atoms with Crippen molar-refractivity contribution in [2.75, 3.05) is 0 Å². The molecule has 3 heteroatoms. The maximum Gasteiger partial charge on any atom is 0.0547 e. The molecule has 0 bridgehead atoms. The highest BCUT2D eigenvalue weighted by Crippen LogP contribution is 2.44. The summed E-state index contributed by atoms with van der Waals surface area (Å²) in [4.78, 5) is 0. The van der Waals surface area contributed by atoms with E-state index in [1.54, 1.807) is 0 Å². The van der Waals surface area contributed by atoms with Crippen LogP contribution in [0.1, 0.15) is 0 Å². The van der Waals surface area contributed by atoms with Gasteiger partial charge in [-0.2, -0.15) is 0 Å². The molecular weight excluding hydrogens is 643 g/mol. The van der Waals surface area contributed by atoms with Gasteiger partial charge in [-0.1, -0.05) is 121 Å². The Balaban J connectivity index is 1.16. The van der Waals surface area contributed by atoms with Crippen LogP contribution in [-0.2, 0) is 0 Å². The van der Waals surface area contributed by atoms with Gasteiger partial charge in [-0.15, -0.1) is 0 Å². The van der Waals surface area contributed by atoms with Crippen LogP contribution in [0.25, 0.3) is 104 Å². The van der Waals surface area contributed by atoms with E-state index in [-0.39, 0.29) is 0 Å². The molecule has 0 N–H and O–H groups in total. The summed E-state index contributed by atoms with van der Waals surface area (Å²) in [5.41, 5.74) is 10.7. The zero-order valence-corrected chi connectivity index (χ0v) is 28.7. The minimum atomic E-state index is 1.14. The summed E-state index contributed by atoms with van der Waals surface area (Å²) in [5, 5.41) is 12.8. The first-order valence-electron chi connectivity index (χ1n) is 18.3. The van der Waals surface area contributed by atoms with Crippen LogP contribution in [0.4, 0.5) is 0 Å². The van der Waals surface area contributed by atoms with Crippen molar-refractivity contribution in [3.05, 3.63) is 188 Å². The highest BCUT2D eigenvalue weighted by atomic mass is 15.0. The van der Waals surface area contributed by atoms with Crippen LogP contribution in [-0.4, -0.2) is 13.7 Å². The van der Waals surface area contributed by atoms with E-state index in [0.29, 0.717) is 0 Å². The Bertz CT molecular complexity index is 3400. The van der Waals surface area contributed by atoms with Crippen LogP contribution < -0.4 is 0 Å². The fourth-order valence-electron chi connectivity index (χ4n) is 9.26. The van der Waals surface area contributed by atoms with E-state index < -0.39 is 0 Å². The molecule has 0 saturated heterocycles. The Kier molecular flexibility index (Phi) is 5.77. The molecule has 0 atom stereocenters. The smallest absolute Gasteiger partial charge is 0.0547 e. The number of hydrogen-bond donors (Lipinski definition) is 0. The fourth-order valence-corrected chi connectivity index (χ4v) is 9.26. The highest BCUT2D eigenvalue weighted by Gasteiger charge is 2.20. The lowest BCUT2D eigenvalue weighted by Crippen LogP contribution is -1.98. The third-order valence-corrected chi connectivity index (χ3v) is 11.4. The van der Waals surface area contributed by atoms with Gasteiger partial charge in [-0.3, -0.25) is 0 Å². The summed E-state index contributed by atoms with van der Waals surface area (Å²) < 4.78 is 7.27. The van der Waals surface area contributed by atoms with Crippen molar-refractivity contribution in [2.24, 2.45) is 0 Å². The Morgan fingerprint density at radius 2 is 0.642 bits per heavy atom. The van der Waals surface area contributed by atoms with Gasteiger partial charge in [-0.05, 0) is 88.3 Å². The molecule has 3 heterocycles. The molecule has 53 heavy (non-hydrogen) atoms. The van der Waals surface area contributed by atoms with Gasteiger partial charge in [0.15, 0.2) is 0 Å². The molecule has 0 aliphatic carbocycles. The van der Waals surface area contributed by atoms with Gasteiger partial charge in [0, 0.05) is 49.4 Å². The average Bonchev–Trinajstić information content (AvgIpc) is 3.87. The summed E-state index contributed by atoms with van der Waals surface area (Å²) in [6.45, 7) is 0. The Hall–Kier alpha value is -7.10. The molecular formula is C50H31N3. The van der Waals surface area contributed by atoms with E-state index in [1.807, 2.05) is 0 Å². The standard InChI is InChI=1S/C50H31N3/c1-2-13-33(14-3-1)51-45-24-11-7-20-41(45)50-47(51)29-26-32-25-27-39-38(48(32)50)28-30-46-49(39)40-19-6-10-23-44(40)53(46)35-16-12-15-34(31-35)52-42-21-8-4-17-36(42)37-18-5-9-22-43(37)52/h1-31H. The molecule has 12 rings (SSSR count). The first-order chi connectivity index (χ1) is 26.3. The predicted octanol–water partition coefficient (Wildman–Crippen LogP) is 13.3. The molecule has 12 aromatic rings. The molecule has 0 saturated carbocycles. The lowest BCUT2D eigenvalue weighted by Gasteiger charge is -2.13. The molecule has 0 unspecified atom stereocenters. The molecule has 0 fully saturated rings. The Morgan fingerprint density at radius 1 is 0.226 bits per heavy atom. The lowest BCUT2D eigenvalue weighted by molar-refractivity contribution is 1.13. The first kappa shape index (κ1) is 28.6. The van der Waals surface area contributed by atoms with E-state index >= 15 is 0 Å². The van der Waals surface area contributed by atoms with Gasteiger partial charge >= 0.3 is 0 Å². The van der Waals surface area contributed by atoms with Gasteiger partial charge < -0.3 is 13.7 Å². The van der Waals surface area contributed by atoms with Crippen LogP contribution in [0.15, 0.2) is 188 Å². The van der Waals surface area contributed by atoms with Crippen molar-refractivity contribution in [3.8, 4) is 17.1 Å². The maximum atomic E-state index is 2.45. The number of benzene rings is 9. The van der Waals surface area contributed by atoms with Crippen molar-refractivity contribution in [1.82, 2.24) is 13.7 Å². The normalized spacial score (nSPS) is 12.2. The molecule has 3 nitrogen and oxygen atoms in total. The number of hydrogen-bond acceptors (Lipinski definition) is 0. The highest BCUT2D eigenvalue weighted by molar-refractivity contribution is 6.32. The number of rotatable bonds is 3. The minimum absolute atomic E-state index is 1.14. The van der Waals surface area contributed by atoms with Crippen molar-refractivity contribution >= 4 is 87.0 Å². The average molecular weight is 674 g/mol. The molecule has 246 valence electrons. The molecule has 0 aliphatic rings. The monoisotopic (exact) mass is 673 g/mol. The quantitative estimate of drug-likeness (QED) is 0.166. The number of para-hydroxylation sites is 5. The Labute approximate surface area is 304 Å². The van der Waals surface area contributed by atoms with Crippen LogP contribution in [0.2, 0.25) is 0 Å². The van der Waals surface area contributed by atoms with Crippen LogP contribution in [0.5, 0.6) is 0 Å². The van der Waals surface area contributed by atoms with Crippen LogP contribution in [0, 0.1) is 0 Å². The second-order valence-electron chi connectivity index (χ2n) is 14.1. The summed E-state index contributed by atoms with van der Waals surface area (Å²) in [7, 11) is 0. The molecule has 9 aromatic carbocycles. The van der Waals surface area contributed by atoms with E-state index in [9.17, 15) is 0 Å². The minimum Gasteiger partial charge on any atom is -0.309 e. The second kappa shape index (κ2) is 10.7. The van der Waals surface area contributed by atoms with Crippen LogP contribution in [0.3, 0.4) is 0 Å². The summed E-state index contributed by atoms with van der Waals surface area (Å²) in [6.07, 6.45) is 0. The second-order valence-corrected chi connectivity index (χ2v) is 14.1. The zero-order valence-electron chi connectivity index (χ0n) is 28.7. The first-order valence-corrected chi connectivity index (χ1v) is 18.3. The van der Waals surface area contributed by atoms with E-state index in [1.165, 1.54) is 92.6 Å². The largest absolute Gasteiger partial charge is 0.309 e. The van der Waals surface area contributed by atoms with E-state index in [0.717, 1.165) is 11.4 Å². The van der Waals surface area contributed by atoms with Crippen molar-refractivity contribution < 1.29 is 0 Å². The summed E-state index contributed by atoms with van der Waals surface area (Å²) >= 11 is 0. The Morgan fingerprint density at radius 3 is 1.30 bits per heavy atom. The third-order valence-electron chi connectivity index (χ3n) is 11.4. The van der Waals surface area contributed by atoms with E-state index in [4.69, 9.17) is 0 Å². The number of nitrogens with zero attached hydrogens (tertiary/aromatic N) is 3. The van der Waals surface area contributed by atoms with Gasteiger partial charge in [-0.25, -0.2) is 0 Å². The zero-order chi connectivity index (χ0) is 34.6. The number of fused-ring (bicyclic) bond motifs is 14. The fraction of sp³-hybridized carbons (Fsp3) is 0. The third kappa shape index (κ3) is 3.88.